The minimum absolute atomic E-state index is 0.152. The van der Waals surface area contributed by atoms with Crippen LogP contribution in [0.25, 0.3) is 0 Å². The molecule has 0 aliphatic carbocycles. The van der Waals surface area contributed by atoms with Gasteiger partial charge in [-0.25, -0.2) is 4.39 Å². The van der Waals surface area contributed by atoms with Crippen molar-refractivity contribution in [1.29, 1.82) is 0 Å². The third kappa shape index (κ3) is 3.64. The standard InChI is InChI=1S/C21H24FNO2Si/c1-23-11-9-21(10-12-23,17-3-5-18(22)6-4-17)26-13-8-16-2-7-19-20(14-16)25-15-24-19/h2-7,14H,8-13,15H2,1H3. The van der Waals surface area contributed by atoms with Crippen LogP contribution in [0.2, 0.25) is 6.04 Å². The lowest BCUT2D eigenvalue weighted by Crippen LogP contribution is -2.44. The highest BCUT2D eigenvalue weighted by Crippen LogP contribution is 2.36. The van der Waals surface area contributed by atoms with Gasteiger partial charge in [-0.05, 0) is 79.8 Å². The van der Waals surface area contributed by atoms with Crippen molar-refractivity contribution >= 4 is 9.52 Å². The molecule has 2 aromatic carbocycles. The van der Waals surface area contributed by atoms with E-state index in [-0.39, 0.29) is 10.9 Å². The van der Waals surface area contributed by atoms with Crippen LogP contribution in [0.1, 0.15) is 24.0 Å². The molecular weight excluding hydrogens is 345 g/mol. The van der Waals surface area contributed by atoms with Crippen molar-refractivity contribution in [3.05, 3.63) is 59.4 Å². The second-order valence-electron chi connectivity index (χ2n) is 7.26. The average molecular weight is 370 g/mol. The second-order valence-corrected chi connectivity index (χ2v) is 9.07. The maximum Gasteiger partial charge on any atom is 0.231 e. The summed E-state index contributed by atoms with van der Waals surface area (Å²) >= 11 is 0. The van der Waals surface area contributed by atoms with Gasteiger partial charge in [-0.3, -0.25) is 0 Å². The Bertz CT molecular complexity index is 757. The Hall–Kier alpha value is -1.85. The Balaban J connectivity index is 1.46. The summed E-state index contributed by atoms with van der Waals surface area (Å²) in [6.07, 6.45) is 3.33. The number of ether oxygens (including phenoxy) is 2. The molecule has 0 atom stereocenters. The van der Waals surface area contributed by atoms with Crippen molar-refractivity contribution in [2.75, 3.05) is 26.9 Å². The molecule has 5 heteroatoms. The highest BCUT2D eigenvalue weighted by Gasteiger charge is 2.35. The fourth-order valence-corrected chi connectivity index (χ4v) is 5.72. The van der Waals surface area contributed by atoms with Crippen molar-refractivity contribution in [1.82, 2.24) is 4.90 Å². The van der Waals surface area contributed by atoms with Crippen molar-refractivity contribution in [3.8, 4) is 11.5 Å². The summed E-state index contributed by atoms with van der Waals surface area (Å²) in [6.45, 7) is 2.53. The van der Waals surface area contributed by atoms with Crippen LogP contribution in [-0.4, -0.2) is 41.3 Å². The van der Waals surface area contributed by atoms with E-state index in [4.69, 9.17) is 9.47 Å². The first-order valence-electron chi connectivity index (χ1n) is 9.23. The predicted molar refractivity (Wildman–Crippen MR) is 102 cm³/mol. The lowest BCUT2D eigenvalue weighted by molar-refractivity contribution is 0.174. The topological polar surface area (TPSA) is 21.7 Å². The summed E-state index contributed by atoms with van der Waals surface area (Å²) in [6, 6.07) is 14.6. The largest absolute Gasteiger partial charge is 0.454 e. The third-order valence-electron chi connectivity index (χ3n) is 5.55. The SMILES string of the molecule is CN1CCC([Si]CCc2ccc3c(c2)OCO3)(c2ccc(F)cc2)CC1. The van der Waals surface area contributed by atoms with Gasteiger partial charge in [-0.1, -0.05) is 24.2 Å². The number of hydrogen-bond donors (Lipinski definition) is 0. The molecule has 2 heterocycles. The van der Waals surface area contributed by atoms with Crippen LogP contribution in [0.3, 0.4) is 0 Å². The normalized spacial score (nSPS) is 18.8. The Morgan fingerprint density at radius 3 is 2.54 bits per heavy atom. The fraction of sp³-hybridized carbons (Fsp3) is 0.429. The fourth-order valence-electron chi connectivity index (χ4n) is 3.88. The van der Waals surface area contributed by atoms with Crippen molar-refractivity contribution in [2.24, 2.45) is 0 Å². The van der Waals surface area contributed by atoms with Crippen LogP contribution >= 0.6 is 0 Å². The van der Waals surface area contributed by atoms with E-state index in [1.165, 1.54) is 11.1 Å². The maximum absolute atomic E-state index is 13.4. The van der Waals surface area contributed by atoms with Crippen LogP contribution < -0.4 is 9.47 Å². The van der Waals surface area contributed by atoms with E-state index in [0.717, 1.165) is 59.4 Å². The molecule has 0 saturated carbocycles. The van der Waals surface area contributed by atoms with Gasteiger partial charge >= 0.3 is 0 Å². The summed E-state index contributed by atoms with van der Waals surface area (Å²) < 4.78 is 24.3. The Labute approximate surface area is 156 Å². The molecule has 4 rings (SSSR count). The Morgan fingerprint density at radius 1 is 1.04 bits per heavy atom. The number of aryl methyl sites for hydroxylation is 1. The molecule has 0 amide bonds. The maximum atomic E-state index is 13.4. The van der Waals surface area contributed by atoms with Crippen molar-refractivity contribution in [2.45, 2.75) is 30.3 Å². The highest BCUT2D eigenvalue weighted by molar-refractivity contribution is 6.40. The highest BCUT2D eigenvalue weighted by atomic mass is 28.2. The summed E-state index contributed by atoms with van der Waals surface area (Å²) in [4.78, 5) is 2.39. The Kier molecular flexibility index (Phi) is 5.00. The molecule has 0 unspecified atom stereocenters. The van der Waals surface area contributed by atoms with Crippen LogP contribution in [0.15, 0.2) is 42.5 Å². The molecule has 26 heavy (non-hydrogen) atoms. The summed E-state index contributed by atoms with van der Waals surface area (Å²) in [5, 5.41) is 0.191. The van der Waals surface area contributed by atoms with E-state index in [1.54, 1.807) is 12.1 Å². The molecule has 2 aliphatic heterocycles. The first-order valence-corrected chi connectivity index (χ1v) is 10.4. The molecule has 2 aliphatic rings. The molecular formula is C21H24FNO2Si. The number of rotatable bonds is 5. The number of nitrogens with zero attached hydrogens (tertiary/aromatic N) is 1. The first-order chi connectivity index (χ1) is 12.6. The van der Waals surface area contributed by atoms with Crippen LogP contribution in [0.5, 0.6) is 11.5 Å². The van der Waals surface area contributed by atoms with Gasteiger partial charge in [-0.15, -0.1) is 0 Å². The number of hydrogen-bond acceptors (Lipinski definition) is 3. The third-order valence-corrected chi connectivity index (χ3v) is 7.52. The van der Waals surface area contributed by atoms with Gasteiger partial charge in [-0.2, -0.15) is 0 Å². The zero-order valence-corrected chi connectivity index (χ0v) is 16.1. The smallest absolute Gasteiger partial charge is 0.231 e. The molecule has 0 N–H and O–H groups in total. The number of piperidine rings is 1. The lowest BCUT2D eigenvalue weighted by Gasteiger charge is -2.41. The second kappa shape index (κ2) is 7.41. The van der Waals surface area contributed by atoms with Gasteiger partial charge in [0.05, 0.1) is 9.52 Å². The van der Waals surface area contributed by atoms with Gasteiger partial charge in [0.2, 0.25) is 6.79 Å². The van der Waals surface area contributed by atoms with Gasteiger partial charge in [0.1, 0.15) is 5.82 Å². The molecule has 3 nitrogen and oxygen atoms in total. The van der Waals surface area contributed by atoms with Gasteiger partial charge < -0.3 is 14.4 Å². The summed E-state index contributed by atoms with van der Waals surface area (Å²) in [5.74, 6) is 1.55. The van der Waals surface area contributed by atoms with Gasteiger partial charge in [0.15, 0.2) is 11.5 Å². The zero-order valence-electron chi connectivity index (χ0n) is 15.1. The number of halogens is 1. The summed E-state index contributed by atoms with van der Waals surface area (Å²) in [7, 11) is 3.02. The van der Waals surface area contributed by atoms with Crippen LogP contribution in [0.4, 0.5) is 4.39 Å². The molecule has 2 aromatic rings. The average Bonchev–Trinajstić information content (AvgIpc) is 3.12. The lowest BCUT2D eigenvalue weighted by atomic mass is 9.88. The zero-order chi connectivity index (χ0) is 18.0. The van der Waals surface area contributed by atoms with Crippen LogP contribution in [-0.2, 0) is 11.5 Å². The van der Waals surface area contributed by atoms with E-state index in [1.807, 2.05) is 18.2 Å². The molecule has 136 valence electrons. The molecule has 0 bridgehead atoms. The van der Waals surface area contributed by atoms with E-state index in [9.17, 15) is 4.39 Å². The van der Waals surface area contributed by atoms with Crippen LogP contribution in [0, 0.1) is 5.82 Å². The predicted octanol–water partition coefficient (Wildman–Crippen LogP) is 3.84. The van der Waals surface area contributed by atoms with E-state index >= 15 is 0 Å². The number of fused-ring (bicyclic) bond motifs is 1. The van der Waals surface area contributed by atoms with E-state index in [2.05, 4.69) is 24.1 Å². The quantitative estimate of drug-likeness (QED) is 0.748. The summed E-state index contributed by atoms with van der Waals surface area (Å²) in [5.41, 5.74) is 2.60. The molecule has 0 spiro atoms. The van der Waals surface area contributed by atoms with Crippen molar-refractivity contribution in [3.63, 3.8) is 0 Å². The van der Waals surface area contributed by atoms with Gasteiger partial charge in [0.25, 0.3) is 0 Å². The minimum atomic E-state index is -0.152. The molecule has 2 radical (unpaired) electrons. The molecule has 1 fully saturated rings. The minimum Gasteiger partial charge on any atom is -0.454 e. The van der Waals surface area contributed by atoms with E-state index in [0.29, 0.717) is 6.79 Å². The van der Waals surface area contributed by atoms with E-state index < -0.39 is 0 Å². The van der Waals surface area contributed by atoms with Gasteiger partial charge in [0, 0.05) is 0 Å². The number of likely N-dealkylation sites (tertiary alicyclic amines) is 1. The number of benzene rings is 2. The Morgan fingerprint density at radius 2 is 1.77 bits per heavy atom. The monoisotopic (exact) mass is 369 g/mol. The molecule has 0 aromatic heterocycles. The molecule has 1 saturated heterocycles. The first kappa shape index (κ1) is 17.6. The van der Waals surface area contributed by atoms with Crippen molar-refractivity contribution < 1.29 is 13.9 Å².